The summed E-state index contributed by atoms with van der Waals surface area (Å²) in [4.78, 5) is 21.2. The molecule has 0 aliphatic rings. The SMILES string of the molecule is COc1ccc(Br)c([C@@H](CC(=O)O)NC=O)c1. The van der Waals surface area contributed by atoms with Gasteiger partial charge in [-0.2, -0.15) is 0 Å². The van der Waals surface area contributed by atoms with Crippen molar-refractivity contribution in [2.24, 2.45) is 0 Å². The van der Waals surface area contributed by atoms with Crippen LogP contribution in [0.1, 0.15) is 18.0 Å². The Morgan fingerprint density at radius 2 is 2.35 bits per heavy atom. The van der Waals surface area contributed by atoms with Crippen molar-refractivity contribution in [3.8, 4) is 5.75 Å². The molecular formula is C11H12BrNO4. The highest BCUT2D eigenvalue weighted by Crippen LogP contribution is 2.29. The van der Waals surface area contributed by atoms with Gasteiger partial charge < -0.3 is 15.2 Å². The van der Waals surface area contributed by atoms with E-state index in [0.717, 1.165) is 4.47 Å². The van der Waals surface area contributed by atoms with Crippen LogP contribution in [0.3, 0.4) is 0 Å². The third-order valence-corrected chi connectivity index (χ3v) is 2.95. The lowest BCUT2D eigenvalue weighted by molar-refractivity contribution is -0.137. The van der Waals surface area contributed by atoms with E-state index in [0.29, 0.717) is 17.7 Å². The van der Waals surface area contributed by atoms with Crippen LogP contribution in [0.4, 0.5) is 0 Å². The predicted octanol–water partition coefficient (Wildman–Crippen LogP) is 1.72. The average molecular weight is 302 g/mol. The molecule has 0 radical (unpaired) electrons. The van der Waals surface area contributed by atoms with Gasteiger partial charge in [-0.25, -0.2) is 0 Å². The van der Waals surface area contributed by atoms with E-state index in [2.05, 4.69) is 21.2 Å². The quantitative estimate of drug-likeness (QED) is 0.785. The Labute approximate surface area is 107 Å². The molecule has 0 fully saturated rings. The van der Waals surface area contributed by atoms with Gasteiger partial charge in [0.05, 0.1) is 19.6 Å². The fraction of sp³-hybridized carbons (Fsp3) is 0.273. The molecule has 17 heavy (non-hydrogen) atoms. The molecule has 2 N–H and O–H groups in total. The molecule has 1 amide bonds. The summed E-state index contributed by atoms with van der Waals surface area (Å²) < 4.78 is 5.78. The molecule has 1 aromatic carbocycles. The number of ether oxygens (including phenoxy) is 1. The minimum Gasteiger partial charge on any atom is -0.497 e. The van der Waals surface area contributed by atoms with Gasteiger partial charge in [-0.05, 0) is 23.8 Å². The number of carbonyl (C=O) groups is 2. The van der Waals surface area contributed by atoms with Crippen LogP contribution < -0.4 is 10.1 Å². The van der Waals surface area contributed by atoms with Gasteiger partial charge in [0.15, 0.2) is 0 Å². The van der Waals surface area contributed by atoms with Crippen LogP contribution >= 0.6 is 15.9 Å². The molecule has 1 rings (SSSR count). The zero-order valence-corrected chi connectivity index (χ0v) is 10.7. The zero-order valence-electron chi connectivity index (χ0n) is 9.14. The number of hydrogen-bond acceptors (Lipinski definition) is 3. The first-order valence-corrected chi connectivity index (χ1v) is 5.62. The maximum Gasteiger partial charge on any atom is 0.305 e. The summed E-state index contributed by atoms with van der Waals surface area (Å²) in [5, 5.41) is 11.3. The highest BCUT2D eigenvalue weighted by atomic mass is 79.9. The molecule has 0 unspecified atom stereocenters. The Hall–Kier alpha value is -1.56. The summed E-state index contributed by atoms with van der Waals surface area (Å²) in [6.45, 7) is 0. The van der Waals surface area contributed by atoms with Gasteiger partial charge in [0.1, 0.15) is 5.75 Å². The van der Waals surface area contributed by atoms with Gasteiger partial charge in [-0.3, -0.25) is 9.59 Å². The van der Waals surface area contributed by atoms with Gasteiger partial charge in [0.25, 0.3) is 0 Å². The molecule has 0 bridgehead atoms. The number of amides is 1. The van der Waals surface area contributed by atoms with E-state index in [-0.39, 0.29) is 6.42 Å². The standard InChI is InChI=1S/C11H12BrNO4/c1-17-7-2-3-9(12)8(4-7)10(13-6-14)5-11(15)16/h2-4,6,10H,5H2,1H3,(H,13,14)(H,15,16)/t10-/m1/s1. The summed E-state index contributed by atoms with van der Waals surface area (Å²) in [5.41, 5.74) is 0.666. The molecule has 6 heteroatoms. The maximum absolute atomic E-state index is 10.7. The van der Waals surface area contributed by atoms with E-state index in [1.54, 1.807) is 18.2 Å². The molecular weight excluding hydrogens is 290 g/mol. The van der Waals surface area contributed by atoms with E-state index in [9.17, 15) is 9.59 Å². The van der Waals surface area contributed by atoms with Crippen LogP contribution in [0, 0.1) is 0 Å². The number of methoxy groups -OCH3 is 1. The van der Waals surface area contributed by atoms with Gasteiger partial charge in [-0.15, -0.1) is 0 Å². The van der Waals surface area contributed by atoms with E-state index >= 15 is 0 Å². The molecule has 0 heterocycles. The Kier molecular flexibility index (Phi) is 4.96. The Morgan fingerprint density at radius 1 is 1.65 bits per heavy atom. The Morgan fingerprint density at radius 3 is 2.88 bits per heavy atom. The van der Waals surface area contributed by atoms with Gasteiger partial charge >= 0.3 is 5.97 Å². The molecule has 0 aliphatic carbocycles. The second-order valence-corrected chi connectivity index (χ2v) is 4.18. The second-order valence-electron chi connectivity index (χ2n) is 3.32. The normalized spacial score (nSPS) is 11.6. The lowest BCUT2D eigenvalue weighted by Gasteiger charge is -2.16. The van der Waals surface area contributed by atoms with E-state index in [4.69, 9.17) is 9.84 Å². The second kappa shape index (κ2) is 6.24. The molecule has 0 aromatic heterocycles. The van der Waals surface area contributed by atoms with Crippen LogP contribution in [0.15, 0.2) is 22.7 Å². The van der Waals surface area contributed by atoms with Crippen molar-refractivity contribution in [2.45, 2.75) is 12.5 Å². The van der Waals surface area contributed by atoms with Crippen molar-refractivity contribution < 1.29 is 19.4 Å². The zero-order chi connectivity index (χ0) is 12.8. The largest absolute Gasteiger partial charge is 0.497 e. The van der Waals surface area contributed by atoms with E-state index in [1.165, 1.54) is 7.11 Å². The monoisotopic (exact) mass is 301 g/mol. The predicted molar refractivity (Wildman–Crippen MR) is 64.9 cm³/mol. The first-order chi connectivity index (χ1) is 8.08. The highest BCUT2D eigenvalue weighted by Gasteiger charge is 2.18. The van der Waals surface area contributed by atoms with Crippen LogP contribution in [-0.4, -0.2) is 24.6 Å². The summed E-state index contributed by atoms with van der Waals surface area (Å²) in [6, 6.07) is 4.59. The van der Waals surface area contributed by atoms with Crippen molar-refractivity contribution in [2.75, 3.05) is 7.11 Å². The minimum atomic E-state index is -0.987. The van der Waals surface area contributed by atoms with Crippen LogP contribution in [-0.2, 0) is 9.59 Å². The molecule has 1 aromatic rings. The lowest BCUT2D eigenvalue weighted by atomic mass is 10.0. The number of carbonyl (C=O) groups excluding carboxylic acids is 1. The van der Waals surface area contributed by atoms with Gasteiger partial charge in [-0.1, -0.05) is 15.9 Å². The van der Waals surface area contributed by atoms with Crippen molar-refractivity contribution in [1.29, 1.82) is 0 Å². The molecule has 0 spiro atoms. The van der Waals surface area contributed by atoms with Crippen LogP contribution in [0.5, 0.6) is 5.75 Å². The number of hydrogen-bond donors (Lipinski definition) is 2. The molecule has 1 atom stereocenters. The fourth-order valence-corrected chi connectivity index (χ4v) is 1.95. The number of benzene rings is 1. The van der Waals surface area contributed by atoms with Gasteiger partial charge in [0, 0.05) is 4.47 Å². The first kappa shape index (κ1) is 13.5. The average Bonchev–Trinajstić information content (AvgIpc) is 2.28. The lowest BCUT2D eigenvalue weighted by Crippen LogP contribution is -2.22. The fourth-order valence-electron chi connectivity index (χ4n) is 1.43. The summed E-state index contributed by atoms with van der Waals surface area (Å²) in [7, 11) is 1.52. The van der Waals surface area contributed by atoms with Crippen molar-refractivity contribution in [3.63, 3.8) is 0 Å². The minimum absolute atomic E-state index is 0.190. The van der Waals surface area contributed by atoms with E-state index < -0.39 is 12.0 Å². The Balaban J connectivity index is 3.06. The molecule has 92 valence electrons. The number of aliphatic carboxylic acids is 1. The van der Waals surface area contributed by atoms with Crippen molar-refractivity contribution in [3.05, 3.63) is 28.2 Å². The third kappa shape index (κ3) is 3.74. The number of carboxylic acids is 1. The highest BCUT2D eigenvalue weighted by molar-refractivity contribution is 9.10. The number of halogens is 1. The number of carboxylic acid groups (broad SMARTS) is 1. The molecule has 0 aliphatic heterocycles. The van der Waals surface area contributed by atoms with Crippen LogP contribution in [0.25, 0.3) is 0 Å². The molecule has 0 saturated carbocycles. The van der Waals surface area contributed by atoms with Gasteiger partial charge in [0.2, 0.25) is 6.41 Å². The third-order valence-electron chi connectivity index (χ3n) is 2.23. The summed E-state index contributed by atoms with van der Waals surface area (Å²) >= 11 is 3.32. The molecule has 5 nitrogen and oxygen atoms in total. The summed E-state index contributed by atoms with van der Waals surface area (Å²) in [5.74, 6) is -0.384. The maximum atomic E-state index is 10.7. The van der Waals surface area contributed by atoms with Crippen molar-refractivity contribution >= 4 is 28.3 Å². The number of nitrogens with one attached hydrogen (secondary N) is 1. The molecule has 0 saturated heterocycles. The summed E-state index contributed by atoms with van der Waals surface area (Å²) in [6.07, 6.45) is 0.296. The Bertz CT molecular complexity index is 422. The first-order valence-electron chi connectivity index (χ1n) is 4.83. The van der Waals surface area contributed by atoms with Crippen LogP contribution in [0.2, 0.25) is 0 Å². The van der Waals surface area contributed by atoms with Crippen molar-refractivity contribution in [1.82, 2.24) is 5.32 Å². The van der Waals surface area contributed by atoms with E-state index in [1.807, 2.05) is 0 Å². The number of rotatable bonds is 6. The topological polar surface area (TPSA) is 75.6 Å². The smallest absolute Gasteiger partial charge is 0.305 e.